The summed E-state index contributed by atoms with van der Waals surface area (Å²) in [5, 5.41) is 12.6. The van der Waals surface area contributed by atoms with Gasteiger partial charge in [-0.3, -0.25) is 9.59 Å². The molecular formula is C16H22N2O3. The summed E-state index contributed by atoms with van der Waals surface area (Å²) in [6.07, 6.45) is 1.14. The Morgan fingerprint density at radius 1 is 1.24 bits per heavy atom. The number of amides is 2. The van der Waals surface area contributed by atoms with Crippen molar-refractivity contribution in [2.45, 2.75) is 38.3 Å². The molecule has 5 heteroatoms. The molecule has 0 bridgehead atoms. The van der Waals surface area contributed by atoms with E-state index in [1.54, 1.807) is 43.0 Å². The van der Waals surface area contributed by atoms with Crippen molar-refractivity contribution in [1.82, 2.24) is 10.2 Å². The number of hydrogen-bond acceptors (Lipinski definition) is 3. The number of carbonyl (C=O) groups excluding carboxylic acids is 2. The highest BCUT2D eigenvalue weighted by molar-refractivity contribution is 5.97. The average Bonchev–Trinajstić information content (AvgIpc) is 2.47. The van der Waals surface area contributed by atoms with Crippen molar-refractivity contribution in [1.29, 1.82) is 0 Å². The fraction of sp³-hybridized carbons (Fsp3) is 0.500. The lowest BCUT2D eigenvalue weighted by Gasteiger charge is -2.37. The van der Waals surface area contributed by atoms with Crippen LogP contribution in [0.2, 0.25) is 0 Å². The lowest BCUT2D eigenvalue weighted by atomic mass is 9.93. The summed E-state index contributed by atoms with van der Waals surface area (Å²) in [5.41, 5.74) is -0.147. The molecule has 2 rings (SSSR count). The van der Waals surface area contributed by atoms with Crippen molar-refractivity contribution in [3.8, 4) is 0 Å². The summed E-state index contributed by atoms with van der Waals surface area (Å²) in [5.74, 6) is -0.352. The Balaban J connectivity index is 1.90. The number of hydrogen-bond donors (Lipinski definition) is 2. The maximum absolute atomic E-state index is 12.3. The molecule has 2 N–H and O–H groups in total. The van der Waals surface area contributed by atoms with Crippen molar-refractivity contribution in [3.63, 3.8) is 0 Å². The fourth-order valence-electron chi connectivity index (χ4n) is 2.41. The maximum Gasteiger partial charge on any atom is 0.251 e. The SMILES string of the molecule is CC(NC(=O)c1ccccc1)C(=O)N1CCC(C)(O)CC1. The summed E-state index contributed by atoms with van der Waals surface area (Å²) in [4.78, 5) is 26.0. The van der Waals surface area contributed by atoms with Gasteiger partial charge in [0, 0.05) is 18.7 Å². The van der Waals surface area contributed by atoms with Gasteiger partial charge < -0.3 is 15.3 Å². The van der Waals surface area contributed by atoms with Gasteiger partial charge in [-0.15, -0.1) is 0 Å². The third-order valence-electron chi connectivity index (χ3n) is 3.91. The van der Waals surface area contributed by atoms with Crippen LogP contribution in [0.5, 0.6) is 0 Å². The number of rotatable bonds is 3. The van der Waals surface area contributed by atoms with Gasteiger partial charge in [-0.2, -0.15) is 0 Å². The molecule has 1 heterocycles. The van der Waals surface area contributed by atoms with Crippen molar-refractivity contribution >= 4 is 11.8 Å². The minimum atomic E-state index is -0.687. The molecule has 1 saturated heterocycles. The highest BCUT2D eigenvalue weighted by Gasteiger charge is 2.31. The van der Waals surface area contributed by atoms with Gasteiger partial charge in [0.05, 0.1) is 5.60 Å². The monoisotopic (exact) mass is 290 g/mol. The second kappa shape index (κ2) is 6.26. The second-order valence-corrected chi connectivity index (χ2v) is 5.88. The van der Waals surface area contributed by atoms with E-state index in [0.717, 1.165) is 0 Å². The standard InChI is InChI=1S/C16H22N2O3/c1-12(17-14(19)13-6-4-3-5-7-13)15(20)18-10-8-16(2,21)9-11-18/h3-7,12,21H,8-11H2,1-2H3,(H,17,19). The van der Waals surface area contributed by atoms with E-state index < -0.39 is 11.6 Å². The highest BCUT2D eigenvalue weighted by Crippen LogP contribution is 2.21. The van der Waals surface area contributed by atoms with Gasteiger partial charge in [0.1, 0.15) is 6.04 Å². The van der Waals surface area contributed by atoms with Crippen molar-refractivity contribution in [2.24, 2.45) is 0 Å². The molecule has 0 radical (unpaired) electrons. The molecule has 0 aliphatic carbocycles. The normalized spacial score (nSPS) is 18.9. The first kappa shape index (κ1) is 15.5. The first-order valence-electron chi connectivity index (χ1n) is 7.26. The number of nitrogens with zero attached hydrogens (tertiary/aromatic N) is 1. The molecule has 114 valence electrons. The van der Waals surface area contributed by atoms with E-state index in [1.165, 1.54) is 0 Å². The largest absolute Gasteiger partial charge is 0.390 e. The minimum Gasteiger partial charge on any atom is -0.390 e. The Morgan fingerprint density at radius 2 is 1.81 bits per heavy atom. The van der Waals surface area contributed by atoms with E-state index in [0.29, 0.717) is 31.5 Å². The number of likely N-dealkylation sites (tertiary alicyclic amines) is 1. The number of aliphatic hydroxyl groups is 1. The van der Waals surface area contributed by atoms with E-state index in [4.69, 9.17) is 0 Å². The Hall–Kier alpha value is -1.88. The van der Waals surface area contributed by atoms with Crippen LogP contribution in [-0.4, -0.2) is 46.6 Å². The van der Waals surface area contributed by atoms with Gasteiger partial charge >= 0.3 is 0 Å². The molecule has 0 spiro atoms. The predicted octanol–water partition coefficient (Wildman–Crippen LogP) is 1.18. The molecule has 0 saturated carbocycles. The first-order valence-corrected chi connectivity index (χ1v) is 7.26. The number of carbonyl (C=O) groups is 2. The van der Waals surface area contributed by atoms with Gasteiger partial charge in [0.2, 0.25) is 5.91 Å². The number of benzene rings is 1. The van der Waals surface area contributed by atoms with Gasteiger partial charge in [0.25, 0.3) is 5.91 Å². The number of nitrogens with one attached hydrogen (secondary N) is 1. The highest BCUT2D eigenvalue weighted by atomic mass is 16.3. The fourth-order valence-corrected chi connectivity index (χ4v) is 2.41. The molecule has 1 aliphatic rings. The smallest absolute Gasteiger partial charge is 0.251 e. The van der Waals surface area contributed by atoms with Gasteiger partial charge in [-0.25, -0.2) is 0 Å². The molecule has 1 unspecified atom stereocenters. The summed E-state index contributed by atoms with van der Waals surface area (Å²) in [6.45, 7) is 4.53. The molecule has 21 heavy (non-hydrogen) atoms. The zero-order valence-electron chi connectivity index (χ0n) is 12.5. The Kier molecular flexibility index (Phi) is 4.63. The molecule has 1 atom stereocenters. The minimum absolute atomic E-state index is 0.102. The second-order valence-electron chi connectivity index (χ2n) is 5.88. The zero-order valence-corrected chi connectivity index (χ0v) is 12.5. The third-order valence-corrected chi connectivity index (χ3v) is 3.91. The van der Waals surface area contributed by atoms with Gasteiger partial charge in [-0.1, -0.05) is 18.2 Å². The van der Waals surface area contributed by atoms with Crippen molar-refractivity contribution < 1.29 is 14.7 Å². The molecule has 1 aromatic rings. The average molecular weight is 290 g/mol. The molecule has 0 aromatic heterocycles. The molecule has 1 aromatic carbocycles. The van der Waals surface area contributed by atoms with Crippen LogP contribution in [0.1, 0.15) is 37.0 Å². The lowest BCUT2D eigenvalue weighted by molar-refractivity contribution is -0.136. The van der Waals surface area contributed by atoms with Crippen LogP contribution in [0.15, 0.2) is 30.3 Å². The molecule has 2 amide bonds. The van der Waals surface area contributed by atoms with Crippen LogP contribution in [-0.2, 0) is 4.79 Å². The topological polar surface area (TPSA) is 69.6 Å². The maximum atomic E-state index is 12.3. The van der Waals surface area contributed by atoms with E-state index in [2.05, 4.69) is 5.32 Å². The van der Waals surface area contributed by atoms with E-state index in [9.17, 15) is 14.7 Å². The van der Waals surface area contributed by atoms with Crippen LogP contribution in [0.4, 0.5) is 0 Å². The van der Waals surface area contributed by atoms with E-state index in [-0.39, 0.29) is 11.8 Å². The van der Waals surface area contributed by atoms with Crippen LogP contribution in [0, 0.1) is 0 Å². The molecule has 5 nitrogen and oxygen atoms in total. The molecule has 1 aliphatic heterocycles. The Bertz CT molecular complexity index is 504. The predicted molar refractivity (Wildman–Crippen MR) is 79.8 cm³/mol. The first-order chi connectivity index (χ1) is 9.89. The van der Waals surface area contributed by atoms with Crippen LogP contribution < -0.4 is 5.32 Å². The molecular weight excluding hydrogens is 268 g/mol. The van der Waals surface area contributed by atoms with Gasteiger partial charge in [-0.05, 0) is 38.8 Å². The van der Waals surface area contributed by atoms with Crippen molar-refractivity contribution in [3.05, 3.63) is 35.9 Å². The van der Waals surface area contributed by atoms with Crippen molar-refractivity contribution in [2.75, 3.05) is 13.1 Å². The summed E-state index contributed by atoms with van der Waals surface area (Å²) >= 11 is 0. The number of piperidine rings is 1. The quantitative estimate of drug-likeness (QED) is 0.878. The lowest BCUT2D eigenvalue weighted by Crippen LogP contribution is -2.51. The van der Waals surface area contributed by atoms with Crippen LogP contribution in [0.25, 0.3) is 0 Å². The van der Waals surface area contributed by atoms with E-state index >= 15 is 0 Å². The summed E-state index contributed by atoms with van der Waals surface area (Å²) in [7, 11) is 0. The van der Waals surface area contributed by atoms with Gasteiger partial charge in [0.15, 0.2) is 0 Å². The zero-order chi connectivity index (χ0) is 15.5. The van der Waals surface area contributed by atoms with E-state index in [1.807, 2.05) is 6.07 Å². The van der Waals surface area contributed by atoms with Crippen LogP contribution in [0.3, 0.4) is 0 Å². The van der Waals surface area contributed by atoms with Crippen LogP contribution >= 0.6 is 0 Å². The third kappa shape index (κ3) is 4.04. The summed E-state index contributed by atoms with van der Waals surface area (Å²) < 4.78 is 0. The Labute approximate surface area is 125 Å². The molecule has 1 fully saturated rings. The summed E-state index contributed by atoms with van der Waals surface area (Å²) in [6, 6.07) is 8.27. The Morgan fingerprint density at radius 3 is 2.38 bits per heavy atom.